The Morgan fingerprint density at radius 1 is 1.64 bits per heavy atom. The Morgan fingerprint density at radius 3 is 2.45 bits per heavy atom. The van der Waals surface area contributed by atoms with Crippen molar-refractivity contribution in [2.75, 3.05) is 6.61 Å². The third-order valence-corrected chi connectivity index (χ3v) is 1.44. The fraction of sp³-hybridized carbons (Fsp3) is 0.857. The van der Waals surface area contributed by atoms with Crippen LogP contribution in [0.1, 0.15) is 20.3 Å². The van der Waals surface area contributed by atoms with Crippen LogP contribution in [-0.2, 0) is 4.79 Å². The van der Waals surface area contributed by atoms with Gasteiger partial charge in [0.25, 0.3) is 0 Å². The van der Waals surface area contributed by atoms with Gasteiger partial charge in [0.15, 0.2) is 0 Å². The maximum absolute atomic E-state index is 10.8. The summed E-state index contributed by atoms with van der Waals surface area (Å²) >= 11 is 0. The molecule has 0 aromatic carbocycles. The van der Waals surface area contributed by atoms with Crippen LogP contribution in [0.5, 0.6) is 0 Å². The van der Waals surface area contributed by atoms with Gasteiger partial charge in [-0.15, -0.1) is 0 Å². The third-order valence-electron chi connectivity index (χ3n) is 1.44. The van der Waals surface area contributed by atoms with Crippen LogP contribution in [0.4, 0.5) is 0 Å². The van der Waals surface area contributed by atoms with E-state index >= 15 is 0 Å². The topological polar surface area (TPSA) is 69.6 Å². The highest BCUT2D eigenvalue weighted by Crippen LogP contribution is 1.90. The lowest BCUT2D eigenvalue weighted by atomic mass is 10.2. The molecule has 0 radical (unpaired) electrons. The third kappa shape index (κ3) is 3.95. The molecule has 0 aromatic rings. The number of aliphatic hydroxyl groups is 2. The number of aliphatic hydroxyl groups excluding tert-OH is 2. The Balaban J connectivity index is 3.72. The minimum atomic E-state index is -1.00. The van der Waals surface area contributed by atoms with E-state index in [1.54, 1.807) is 0 Å². The molecule has 0 aliphatic rings. The molecule has 2 atom stereocenters. The summed E-state index contributed by atoms with van der Waals surface area (Å²) in [7, 11) is 0. The lowest BCUT2D eigenvalue weighted by molar-refractivity contribution is -0.129. The molecule has 11 heavy (non-hydrogen) atoms. The summed E-state index contributed by atoms with van der Waals surface area (Å²) in [4.78, 5) is 10.8. The molecule has 0 rings (SSSR count). The van der Waals surface area contributed by atoms with E-state index in [1.807, 2.05) is 6.92 Å². The second-order valence-electron chi connectivity index (χ2n) is 2.47. The average Bonchev–Trinajstić information content (AvgIpc) is 1.99. The standard InChI is InChI=1S/C7H15NO3/c1-3-6(4-9)8-7(11)5(2)10/h5-6,9-10H,3-4H2,1-2H3,(H,8,11)/t5?,6-/m0/s1. The number of hydrogen-bond donors (Lipinski definition) is 3. The zero-order valence-electron chi connectivity index (χ0n) is 6.87. The average molecular weight is 161 g/mol. The van der Waals surface area contributed by atoms with Crippen LogP contribution in [0.25, 0.3) is 0 Å². The van der Waals surface area contributed by atoms with E-state index in [1.165, 1.54) is 6.92 Å². The normalized spacial score (nSPS) is 15.6. The Labute approximate surface area is 66.2 Å². The molecule has 0 aromatic heterocycles. The minimum absolute atomic E-state index is 0.0883. The highest BCUT2D eigenvalue weighted by molar-refractivity contribution is 5.80. The van der Waals surface area contributed by atoms with E-state index < -0.39 is 12.0 Å². The van der Waals surface area contributed by atoms with Gasteiger partial charge in [-0.3, -0.25) is 4.79 Å². The molecule has 66 valence electrons. The van der Waals surface area contributed by atoms with Gasteiger partial charge in [0.1, 0.15) is 6.10 Å². The molecule has 0 heterocycles. The number of amides is 1. The summed E-state index contributed by atoms with van der Waals surface area (Å²) in [6.07, 6.45) is -0.342. The van der Waals surface area contributed by atoms with Gasteiger partial charge in [0.05, 0.1) is 12.6 Å². The van der Waals surface area contributed by atoms with Crippen molar-refractivity contribution in [2.24, 2.45) is 0 Å². The van der Waals surface area contributed by atoms with Crippen LogP contribution in [0.3, 0.4) is 0 Å². The van der Waals surface area contributed by atoms with Crippen LogP contribution in [0, 0.1) is 0 Å². The fourth-order valence-electron chi connectivity index (χ4n) is 0.599. The van der Waals surface area contributed by atoms with Gasteiger partial charge >= 0.3 is 0 Å². The van der Waals surface area contributed by atoms with Crippen molar-refractivity contribution >= 4 is 5.91 Å². The molecule has 0 bridgehead atoms. The molecule has 1 unspecified atom stereocenters. The molecule has 0 saturated carbocycles. The zero-order chi connectivity index (χ0) is 8.85. The Hall–Kier alpha value is -0.610. The summed E-state index contributed by atoms with van der Waals surface area (Å²) in [5, 5.41) is 19.9. The second kappa shape index (κ2) is 5.09. The lowest BCUT2D eigenvalue weighted by Crippen LogP contribution is -2.41. The molecule has 0 aliphatic heterocycles. The number of nitrogens with one attached hydrogen (secondary N) is 1. The van der Waals surface area contributed by atoms with E-state index in [0.717, 1.165) is 0 Å². The summed E-state index contributed by atoms with van der Waals surface area (Å²) in [6, 6.07) is -0.239. The summed E-state index contributed by atoms with van der Waals surface area (Å²) in [5.41, 5.74) is 0. The zero-order valence-corrected chi connectivity index (χ0v) is 6.87. The fourth-order valence-corrected chi connectivity index (χ4v) is 0.599. The lowest BCUT2D eigenvalue weighted by Gasteiger charge is -2.14. The molecule has 3 N–H and O–H groups in total. The van der Waals surface area contributed by atoms with Crippen LogP contribution >= 0.6 is 0 Å². The maximum atomic E-state index is 10.8. The quantitative estimate of drug-likeness (QED) is 0.508. The molecule has 1 amide bonds. The van der Waals surface area contributed by atoms with Crippen molar-refractivity contribution in [1.29, 1.82) is 0 Å². The first-order valence-electron chi connectivity index (χ1n) is 3.71. The van der Waals surface area contributed by atoms with Crippen LogP contribution in [0.2, 0.25) is 0 Å². The first-order chi connectivity index (χ1) is 5.11. The van der Waals surface area contributed by atoms with E-state index in [-0.39, 0.29) is 12.6 Å². The molecule has 0 saturated heterocycles. The summed E-state index contributed by atoms with van der Waals surface area (Å²) < 4.78 is 0. The Morgan fingerprint density at radius 2 is 2.18 bits per heavy atom. The van der Waals surface area contributed by atoms with Crippen molar-refractivity contribution in [3.05, 3.63) is 0 Å². The van der Waals surface area contributed by atoms with Gasteiger partial charge in [0, 0.05) is 0 Å². The van der Waals surface area contributed by atoms with Gasteiger partial charge in [0.2, 0.25) is 5.91 Å². The minimum Gasteiger partial charge on any atom is -0.394 e. The smallest absolute Gasteiger partial charge is 0.248 e. The molecule has 0 aliphatic carbocycles. The van der Waals surface area contributed by atoms with Gasteiger partial charge in [-0.05, 0) is 13.3 Å². The predicted octanol–water partition coefficient (Wildman–Crippen LogP) is -0.746. The van der Waals surface area contributed by atoms with Gasteiger partial charge in [-0.25, -0.2) is 0 Å². The van der Waals surface area contributed by atoms with E-state index in [0.29, 0.717) is 6.42 Å². The highest BCUT2D eigenvalue weighted by Gasteiger charge is 2.12. The predicted molar refractivity (Wildman–Crippen MR) is 41.0 cm³/mol. The molecule has 4 heteroatoms. The molecular formula is C7H15NO3. The monoisotopic (exact) mass is 161 g/mol. The van der Waals surface area contributed by atoms with Crippen molar-refractivity contribution in [3.8, 4) is 0 Å². The molecule has 4 nitrogen and oxygen atoms in total. The molecular weight excluding hydrogens is 146 g/mol. The highest BCUT2D eigenvalue weighted by atomic mass is 16.3. The van der Waals surface area contributed by atoms with E-state index in [9.17, 15) is 4.79 Å². The number of rotatable bonds is 4. The van der Waals surface area contributed by atoms with Crippen LogP contribution in [-0.4, -0.2) is 34.9 Å². The maximum Gasteiger partial charge on any atom is 0.248 e. The molecule has 0 fully saturated rings. The Kier molecular flexibility index (Phi) is 4.81. The van der Waals surface area contributed by atoms with Crippen LogP contribution < -0.4 is 5.32 Å². The Bertz CT molecular complexity index is 121. The summed E-state index contributed by atoms with van der Waals surface area (Å²) in [5.74, 6) is -0.439. The van der Waals surface area contributed by atoms with Crippen molar-refractivity contribution in [1.82, 2.24) is 5.32 Å². The van der Waals surface area contributed by atoms with Gasteiger partial charge in [-0.1, -0.05) is 6.92 Å². The van der Waals surface area contributed by atoms with Crippen molar-refractivity contribution in [3.63, 3.8) is 0 Å². The van der Waals surface area contributed by atoms with Crippen molar-refractivity contribution in [2.45, 2.75) is 32.4 Å². The van der Waals surface area contributed by atoms with E-state index in [2.05, 4.69) is 5.32 Å². The second-order valence-corrected chi connectivity index (χ2v) is 2.47. The largest absolute Gasteiger partial charge is 0.394 e. The van der Waals surface area contributed by atoms with Crippen LogP contribution in [0.15, 0.2) is 0 Å². The number of carbonyl (C=O) groups is 1. The van der Waals surface area contributed by atoms with E-state index in [4.69, 9.17) is 10.2 Å². The number of carbonyl (C=O) groups excluding carboxylic acids is 1. The molecule has 0 spiro atoms. The number of hydrogen-bond acceptors (Lipinski definition) is 3. The SMILES string of the molecule is CC[C@@H](CO)NC(=O)C(C)O. The van der Waals surface area contributed by atoms with Gasteiger partial charge in [-0.2, -0.15) is 0 Å². The summed E-state index contributed by atoms with van der Waals surface area (Å²) in [6.45, 7) is 3.15. The van der Waals surface area contributed by atoms with Crippen molar-refractivity contribution < 1.29 is 15.0 Å². The first-order valence-corrected chi connectivity index (χ1v) is 3.71. The van der Waals surface area contributed by atoms with Gasteiger partial charge < -0.3 is 15.5 Å². The first kappa shape index (κ1) is 10.4.